The first-order chi connectivity index (χ1) is 13.8. The second-order valence-corrected chi connectivity index (χ2v) is 7.90. The molecule has 29 heavy (non-hydrogen) atoms. The first-order valence-electron chi connectivity index (χ1n) is 10.1. The quantitative estimate of drug-likeness (QED) is 0.359. The summed E-state index contributed by atoms with van der Waals surface area (Å²) in [5, 5.41) is 1.53. The lowest BCUT2D eigenvalue weighted by Gasteiger charge is -2.29. The molecule has 1 aliphatic rings. The van der Waals surface area contributed by atoms with E-state index in [9.17, 15) is 9.59 Å². The van der Waals surface area contributed by atoms with Gasteiger partial charge in [-0.1, -0.05) is 57.2 Å². The maximum absolute atomic E-state index is 12.4. The fraction of sp³-hybridized carbons (Fsp3) is 0.360. The standard InChI is InChI=1S/C25H28O4/c1-6-9-17-12-13-20-21(14-17)23(29-25(27)16(4)5)19-11-8-7-10-18(19)22(20)28-24(26)15(2)3/h7-8,10-11,17H,2,4,6,9,12-14H2,1,3,5H3. The molecule has 0 aromatic heterocycles. The van der Waals surface area contributed by atoms with Gasteiger partial charge in [0.25, 0.3) is 0 Å². The lowest BCUT2D eigenvalue weighted by atomic mass is 9.79. The smallest absolute Gasteiger partial charge is 0.338 e. The van der Waals surface area contributed by atoms with Crippen LogP contribution in [0.15, 0.2) is 48.6 Å². The van der Waals surface area contributed by atoms with Gasteiger partial charge in [0.15, 0.2) is 0 Å². The van der Waals surface area contributed by atoms with Crippen LogP contribution in [0.1, 0.15) is 51.2 Å². The first-order valence-corrected chi connectivity index (χ1v) is 10.1. The molecule has 0 fully saturated rings. The minimum atomic E-state index is -0.445. The summed E-state index contributed by atoms with van der Waals surface area (Å²) >= 11 is 0. The molecule has 0 N–H and O–H groups in total. The molecule has 0 saturated carbocycles. The van der Waals surface area contributed by atoms with Crippen LogP contribution in [0.3, 0.4) is 0 Å². The van der Waals surface area contributed by atoms with Crippen molar-refractivity contribution in [3.05, 3.63) is 59.7 Å². The van der Waals surface area contributed by atoms with Crippen molar-refractivity contribution in [2.75, 3.05) is 0 Å². The van der Waals surface area contributed by atoms with E-state index in [2.05, 4.69) is 20.1 Å². The van der Waals surface area contributed by atoms with E-state index in [1.54, 1.807) is 13.8 Å². The van der Waals surface area contributed by atoms with Crippen LogP contribution < -0.4 is 9.47 Å². The zero-order chi connectivity index (χ0) is 21.1. The van der Waals surface area contributed by atoms with Crippen molar-refractivity contribution in [1.29, 1.82) is 0 Å². The molecule has 0 radical (unpaired) electrons. The Kier molecular flexibility index (Phi) is 6.21. The van der Waals surface area contributed by atoms with Crippen molar-refractivity contribution in [3.63, 3.8) is 0 Å². The van der Waals surface area contributed by atoms with Gasteiger partial charge in [-0.05, 0) is 39.0 Å². The fourth-order valence-electron chi connectivity index (χ4n) is 3.95. The molecule has 0 amide bonds. The summed E-state index contributed by atoms with van der Waals surface area (Å²) in [6.45, 7) is 12.9. The molecule has 1 aliphatic carbocycles. The highest BCUT2D eigenvalue weighted by Crippen LogP contribution is 2.46. The monoisotopic (exact) mass is 392 g/mol. The number of rotatable bonds is 6. The van der Waals surface area contributed by atoms with E-state index in [-0.39, 0.29) is 0 Å². The van der Waals surface area contributed by atoms with Crippen LogP contribution in [0.25, 0.3) is 10.8 Å². The number of ether oxygens (including phenoxy) is 2. The number of benzene rings is 2. The molecule has 1 atom stereocenters. The average Bonchev–Trinajstić information content (AvgIpc) is 2.70. The molecule has 2 aromatic rings. The summed E-state index contributed by atoms with van der Waals surface area (Å²) in [5.74, 6) is 0.759. The van der Waals surface area contributed by atoms with E-state index in [4.69, 9.17) is 9.47 Å². The lowest BCUT2D eigenvalue weighted by Crippen LogP contribution is -2.20. The van der Waals surface area contributed by atoms with Crippen LogP contribution in [0.4, 0.5) is 0 Å². The molecule has 0 saturated heterocycles. The van der Waals surface area contributed by atoms with Crippen molar-refractivity contribution in [2.45, 2.75) is 52.9 Å². The normalized spacial score (nSPS) is 15.5. The predicted molar refractivity (Wildman–Crippen MR) is 115 cm³/mol. The van der Waals surface area contributed by atoms with E-state index in [0.29, 0.717) is 28.6 Å². The number of fused-ring (bicyclic) bond motifs is 2. The van der Waals surface area contributed by atoms with Crippen molar-refractivity contribution in [3.8, 4) is 11.5 Å². The fourth-order valence-corrected chi connectivity index (χ4v) is 3.95. The predicted octanol–water partition coefficient (Wildman–Crippen LogP) is 5.71. The van der Waals surface area contributed by atoms with Crippen LogP contribution in [0, 0.1) is 5.92 Å². The topological polar surface area (TPSA) is 52.6 Å². The highest BCUT2D eigenvalue weighted by atomic mass is 16.5. The number of hydrogen-bond acceptors (Lipinski definition) is 4. The van der Waals surface area contributed by atoms with Crippen molar-refractivity contribution in [2.24, 2.45) is 5.92 Å². The minimum Gasteiger partial charge on any atom is -0.422 e. The lowest BCUT2D eigenvalue weighted by molar-refractivity contribution is -0.131. The van der Waals surface area contributed by atoms with E-state index < -0.39 is 11.9 Å². The Morgan fingerprint density at radius 2 is 1.48 bits per heavy atom. The van der Waals surface area contributed by atoms with Crippen molar-refractivity contribution >= 4 is 22.7 Å². The molecule has 4 nitrogen and oxygen atoms in total. The molecule has 2 aromatic carbocycles. The minimum absolute atomic E-state index is 0.347. The molecule has 0 heterocycles. The molecule has 152 valence electrons. The second-order valence-electron chi connectivity index (χ2n) is 7.90. The average molecular weight is 392 g/mol. The Labute approximate surface area is 172 Å². The van der Waals surface area contributed by atoms with E-state index >= 15 is 0 Å². The van der Waals surface area contributed by atoms with Gasteiger partial charge >= 0.3 is 11.9 Å². The van der Waals surface area contributed by atoms with E-state index in [1.165, 1.54) is 0 Å². The summed E-state index contributed by atoms with van der Waals surface area (Å²) in [7, 11) is 0. The van der Waals surface area contributed by atoms with Crippen molar-refractivity contribution in [1.82, 2.24) is 0 Å². The highest BCUT2D eigenvalue weighted by molar-refractivity contribution is 6.01. The largest absolute Gasteiger partial charge is 0.422 e. The van der Waals surface area contributed by atoms with Crippen LogP contribution in [-0.4, -0.2) is 11.9 Å². The Balaban J connectivity index is 2.24. The third-order valence-corrected chi connectivity index (χ3v) is 5.41. The Bertz CT molecular complexity index is 1000. The summed E-state index contributed by atoms with van der Waals surface area (Å²) in [5.41, 5.74) is 2.62. The third kappa shape index (κ3) is 4.26. The van der Waals surface area contributed by atoms with Gasteiger partial charge in [0.1, 0.15) is 11.5 Å². The number of hydrogen-bond donors (Lipinski definition) is 0. The Morgan fingerprint density at radius 3 is 1.97 bits per heavy atom. The van der Waals surface area contributed by atoms with Gasteiger partial charge in [-0.25, -0.2) is 9.59 Å². The van der Waals surface area contributed by atoms with Gasteiger partial charge < -0.3 is 9.47 Å². The number of carbonyl (C=O) groups is 2. The third-order valence-electron chi connectivity index (χ3n) is 5.41. The van der Waals surface area contributed by atoms with Gasteiger partial charge in [0.2, 0.25) is 0 Å². The van der Waals surface area contributed by atoms with Gasteiger partial charge in [-0.15, -0.1) is 0 Å². The maximum atomic E-state index is 12.4. The van der Waals surface area contributed by atoms with Gasteiger partial charge in [-0.2, -0.15) is 0 Å². The van der Waals surface area contributed by atoms with Crippen molar-refractivity contribution < 1.29 is 19.1 Å². The number of carbonyl (C=O) groups excluding carboxylic acids is 2. The summed E-state index contributed by atoms with van der Waals surface area (Å²) < 4.78 is 11.6. The van der Waals surface area contributed by atoms with Gasteiger partial charge in [0.05, 0.1) is 0 Å². The van der Waals surface area contributed by atoms with Crippen LogP contribution in [0.2, 0.25) is 0 Å². The second kappa shape index (κ2) is 8.64. The van der Waals surface area contributed by atoms with Gasteiger partial charge in [-0.3, -0.25) is 0 Å². The Morgan fingerprint density at radius 1 is 0.966 bits per heavy atom. The summed E-state index contributed by atoms with van der Waals surface area (Å²) in [6, 6.07) is 7.58. The van der Waals surface area contributed by atoms with Crippen LogP contribution in [-0.2, 0) is 22.4 Å². The van der Waals surface area contributed by atoms with Crippen LogP contribution >= 0.6 is 0 Å². The highest BCUT2D eigenvalue weighted by Gasteiger charge is 2.29. The molecular formula is C25H28O4. The first kappa shape index (κ1) is 20.8. The summed E-state index contributed by atoms with van der Waals surface area (Å²) in [6.07, 6.45) is 4.81. The van der Waals surface area contributed by atoms with Crippen LogP contribution in [0.5, 0.6) is 11.5 Å². The molecule has 0 spiro atoms. The van der Waals surface area contributed by atoms with E-state index in [0.717, 1.165) is 54.0 Å². The molecular weight excluding hydrogens is 364 g/mol. The molecule has 4 heteroatoms. The summed E-state index contributed by atoms with van der Waals surface area (Å²) in [4.78, 5) is 24.7. The maximum Gasteiger partial charge on any atom is 0.338 e. The number of esters is 2. The molecule has 1 unspecified atom stereocenters. The molecule has 3 rings (SSSR count). The zero-order valence-electron chi connectivity index (χ0n) is 17.5. The van der Waals surface area contributed by atoms with E-state index in [1.807, 2.05) is 24.3 Å². The molecule has 0 aliphatic heterocycles. The molecule has 0 bridgehead atoms. The SMILES string of the molecule is C=C(C)C(=O)Oc1c2c(c(OC(=O)C(=C)C)c3ccccc13)CC(CCC)CC2. The Hall–Kier alpha value is -2.88. The zero-order valence-corrected chi connectivity index (χ0v) is 17.5. The van der Waals surface area contributed by atoms with Gasteiger partial charge in [0, 0.05) is 33.0 Å².